The highest BCUT2D eigenvalue weighted by molar-refractivity contribution is 8.00. The van der Waals surface area contributed by atoms with Crippen LogP contribution in [0.1, 0.15) is 16.8 Å². The third-order valence-electron chi connectivity index (χ3n) is 2.57. The molecule has 0 aliphatic heterocycles. The molecule has 1 rings (SSSR count). The van der Waals surface area contributed by atoms with Crippen molar-refractivity contribution in [3.63, 3.8) is 0 Å². The summed E-state index contributed by atoms with van der Waals surface area (Å²) in [7, 11) is 0. The number of carbonyl (C=O) groups is 2. The molecule has 0 radical (unpaired) electrons. The maximum absolute atomic E-state index is 12.9. The van der Waals surface area contributed by atoms with E-state index < -0.39 is 47.7 Å². The Morgan fingerprint density at radius 1 is 1.27 bits per heavy atom. The van der Waals surface area contributed by atoms with Crippen LogP contribution >= 0.6 is 11.8 Å². The van der Waals surface area contributed by atoms with Gasteiger partial charge in [0, 0.05) is 5.69 Å². The summed E-state index contributed by atoms with van der Waals surface area (Å²) in [6.07, 6.45) is -9.48. The molecule has 1 aromatic rings. The fourth-order valence-corrected chi connectivity index (χ4v) is 2.45. The highest BCUT2D eigenvalue weighted by Gasteiger charge is 2.35. The van der Waals surface area contributed by atoms with Crippen LogP contribution in [0.25, 0.3) is 0 Å². The average molecular weight is 400 g/mol. The molecule has 0 aliphatic rings. The molecule has 0 atom stereocenters. The van der Waals surface area contributed by atoms with Crippen molar-refractivity contribution in [2.75, 3.05) is 12.3 Å². The maximum Gasteiger partial charge on any atom is 0.417 e. The lowest BCUT2D eigenvalue weighted by atomic mass is 10.1. The van der Waals surface area contributed by atoms with E-state index in [1.807, 2.05) is 0 Å². The molecule has 0 saturated heterocycles. The first kappa shape index (κ1) is 21.6. The van der Waals surface area contributed by atoms with Crippen molar-refractivity contribution in [1.29, 1.82) is 5.26 Å². The quantitative estimate of drug-likeness (QED) is 0.599. The van der Waals surface area contributed by atoms with E-state index >= 15 is 0 Å². The summed E-state index contributed by atoms with van der Waals surface area (Å²) in [5, 5.41) is 11.5. The zero-order chi connectivity index (χ0) is 20.1. The summed E-state index contributed by atoms with van der Waals surface area (Å²) in [6.45, 7) is -0.405. The summed E-state index contributed by atoms with van der Waals surface area (Å²) < 4.78 is 74.6. The van der Waals surface area contributed by atoms with Crippen molar-refractivity contribution >= 4 is 23.7 Å². The molecule has 0 saturated carbocycles. The summed E-state index contributed by atoms with van der Waals surface area (Å²) in [5.74, 6) is -1.71. The number of alkyl halides is 6. The fraction of sp³-hybridized carbons (Fsp3) is 0.385. The minimum Gasteiger partial charge on any atom is -0.329 e. The zero-order valence-corrected chi connectivity index (χ0v) is 13.7. The normalized spacial score (nSPS) is 11.6. The van der Waals surface area contributed by atoms with E-state index in [0.717, 1.165) is 0 Å². The second-order valence-electron chi connectivity index (χ2n) is 4.74. The van der Waals surface area contributed by atoms with Crippen LogP contribution in [0.5, 0.6) is 0 Å². The number of pyridine rings is 1. The molecule has 0 bridgehead atoms. The van der Waals surface area contributed by atoms with Gasteiger partial charge in [-0.2, -0.15) is 31.6 Å². The first-order valence-corrected chi connectivity index (χ1v) is 7.58. The molecule has 1 aromatic heterocycles. The third-order valence-corrected chi connectivity index (χ3v) is 3.55. The highest BCUT2D eigenvalue weighted by atomic mass is 32.2. The van der Waals surface area contributed by atoms with Crippen LogP contribution in [0, 0.1) is 18.3 Å². The lowest BCUT2D eigenvalue weighted by Crippen LogP contribution is -2.43. The number of nitrogens with zero attached hydrogens (tertiary/aromatic N) is 2. The van der Waals surface area contributed by atoms with Crippen molar-refractivity contribution < 1.29 is 35.9 Å². The predicted octanol–water partition coefficient (Wildman–Crippen LogP) is 2.76. The number of aryl methyl sites for hydroxylation is 1. The van der Waals surface area contributed by atoms with E-state index in [4.69, 9.17) is 5.26 Å². The van der Waals surface area contributed by atoms with E-state index in [0.29, 0.717) is 17.8 Å². The molecule has 2 N–H and O–H groups in total. The second-order valence-corrected chi connectivity index (χ2v) is 5.70. The van der Waals surface area contributed by atoms with Crippen LogP contribution in [0.3, 0.4) is 0 Å². The Balaban J connectivity index is 2.79. The molecule has 0 fully saturated rings. The van der Waals surface area contributed by atoms with Gasteiger partial charge in [0.1, 0.15) is 17.6 Å². The lowest BCUT2D eigenvalue weighted by molar-refractivity contribution is -0.138. The summed E-state index contributed by atoms with van der Waals surface area (Å²) in [5.41, 5.74) is -2.07. The molecule has 13 heteroatoms. The minimum absolute atomic E-state index is 0.0536. The number of nitrogens with one attached hydrogen (secondary N) is 2. The second kappa shape index (κ2) is 8.26. The number of carbonyl (C=O) groups excluding carboxylic acids is 2. The van der Waals surface area contributed by atoms with Gasteiger partial charge in [-0.1, -0.05) is 11.8 Å². The van der Waals surface area contributed by atoms with Crippen molar-refractivity contribution in [3.05, 3.63) is 22.9 Å². The SMILES string of the molecule is Cc1cc(C(F)(F)F)c(C#N)c(SCC(=O)NC(=O)NCC(F)(F)F)n1. The van der Waals surface area contributed by atoms with Crippen LogP contribution < -0.4 is 10.6 Å². The van der Waals surface area contributed by atoms with Crippen LogP contribution in [0.4, 0.5) is 31.1 Å². The van der Waals surface area contributed by atoms with Crippen LogP contribution in [-0.4, -0.2) is 35.4 Å². The van der Waals surface area contributed by atoms with Crippen LogP contribution in [0.15, 0.2) is 11.1 Å². The molecule has 0 aromatic carbocycles. The summed E-state index contributed by atoms with van der Waals surface area (Å²) >= 11 is 0.442. The first-order valence-electron chi connectivity index (χ1n) is 6.59. The lowest BCUT2D eigenvalue weighted by Gasteiger charge is -2.13. The molecule has 3 amide bonds. The van der Waals surface area contributed by atoms with Crippen molar-refractivity contribution in [3.8, 4) is 6.07 Å². The number of thioether (sulfide) groups is 1. The Labute approximate surface area is 147 Å². The Morgan fingerprint density at radius 2 is 1.88 bits per heavy atom. The zero-order valence-electron chi connectivity index (χ0n) is 12.9. The van der Waals surface area contributed by atoms with Gasteiger partial charge in [0.15, 0.2) is 0 Å². The summed E-state index contributed by atoms with van der Waals surface area (Å²) in [4.78, 5) is 26.4. The molecule has 0 spiro atoms. The number of aromatic nitrogens is 1. The highest BCUT2D eigenvalue weighted by Crippen LogP contribution is 2.35. The Hall–Kier alpha value is -2.49. The molecule has 6 nitrogen and oxygen atoms in total. The topological polar surface area (TPSA) is 94.9 Å². The van der Waals surface area contributed by atoms with Gasteiger partial charge in [-0.3, -0.25) is 10.1 Å². The number of imide groups is 1. The van der Waals surface area contributed by atoms with Gasteiger partial charge in [-0.05, 0) is 13.0 Å². The number of nitriles is 1. The Bertz CT molecular complexity index is 742. The molecule has 0 unspecified atom stereocenters. The van der Waals surface area contributed by atoms with E-state index in [2.05, 4.69) is 4.98 Å². The average Bonchev–Trinajstić information content (AvgIpc) is 2.48. The minimum atomic E-state index is -4.81. The van der Waals surface area contributed by atoms with Crippen molar-refractivity contribution in [2.24, 2.45) is 0 Å². The van der Waals surface area contributed by atoms with Crippen molar-refractivity contribution in [1.82, 2.24) is 15.6 Å². The molecular formula is C13H10F6N4O2S. The Morgan fingerprint density at radius 3 is 2.38 bits per heavy atom. The smallest absolute Gasteiger partial charge is 0.329 e. The predicted molar refractivity (Wildman–Crippen MR) is 77.0 cm³/mol. The van der Waals surface area contributed by atoms with Gasteiger partial charge in [0.2, 0.25) is 5.91 Å². The van der Waals surface area contributed by atoms with Crippen molar-refractivity contribution in [2.45, 2.75) is 24.3 Å². The number of hydrogen-bond acceptors (Lipinski definition) is 5. The van der Waals surface area contributed by atoms with Crippen LogP contribution in [0.2, 0.25) is 0 Å². The first-order chi connectivity index (χ1) is 11.8. The number of hydrogen-bond donors (Lipinski definition) is 2. The van der Waals surface area contributed by atoms with E-state index in [1.54, 1.807) is 5.32 Å². The number of rotatable bonds is 4. The van der Waals surface area contributed by atoms with E-state index in [1.165, 1.54) is 18.3 Å². The van der Waals surface area contributed by atoms with Gasteiger partial charge in [-0.25, -0.2) is 9.78 Å². The largest absolute Gasteiger partial charge is 0.417 e. The molecular weight excluding hydrogens is 390 g/mol. The monoisotopic (exact) mass is 400 g/mol. The Kier molecular flexibility index (Phi) is 6.85. The van der Waals surface area contributed by atoms with E-state index in [-0.39, 0.29) is 10.7 Å². The molecule has 142 valence electrons. The number of amides is 3. The molecule has 1 heterocycles. The third kappa shape index (κ3) is 6.79. The van der Waals surface area contributed by atoms with Gasteiger partial charge >= 0.3 is 18.4 Å². The summed E-state index contributed by atoms with van der Waals surface area (Å²) in [6, 6.07) is 0.619. The van der Waals surface area contributed by atoms with Gasteiger partial charge in [0.25, 0.3) is 0 Å². The number of urea groups is 1. The van der Waals surface area contributed by atoms with Gasteiger partial charge in [0.05, 0.1) is 16.9 Å². The van der Waals surface area contributed by atoms with Gasteiger partial charge < -0.3 is 5.32 Å². The number of halogens is 6. The fourth-order valence-electron chi connectivity index (χ4n) is 1.60. The molecule has 26 heavy (non-hydrogen) atoms. The molecule has 0 aliphatic carbocycles. The van der Waals surface area contributed by atoms with Gasteiger partial charge in [-0.15, -0.1) is 0 Å². The van der Waals surface area contributed by atoms with E-state index in [9.17, 15) is 35.9 Å². The maximum atomic E-state index is 12.9. The standard InChI is InChI=1S/C13H10F6N4O2S/c1-6-2-8(13(17,18)19)7(3-20)10(22-6)26-4-9(24)23-11(25)21-5-12(14,15)16/h2H,4-5H2,1H3,(H2,21,23,24,25). The van der Waals surface area contributed by atoms with Crippen LogP contribution in [-0.2, 0) is 11.0 Å².